The number of aromatic nitrogens is 2. The van der Waals surface area contributed by atoms with Gasteiger partial charge in [-0.2, -0.15) is 0 Å². The fourth-order valence-electron chi connectivity index (χ4n) is 1.18. The van der Waals surface area contributed by atoms with Gasteiger partial charge in [0.2, 0.25) is 0 Å². The molecule has 0 atom stereocenters. The smallest absolute Gasteiger partial charge is 0.227 e. The summed E-state index contributed by atoms with van der Waals surface area (Å²) in [6.45, 7) is 0. The van der Waals surface area contributed by atoms with E-state index in [4.69, 9.17) is 23.2 Å². The highest BCUT2D eigenvalue weighted by Crippen LogP contribution is 2.26. The number of benzene rings is 1. The maximum Gasteiger partial charge on any atom is 0.297 e. The molecule has 2 nitrogen and oxygen atoms in total. The summed E-state index contributed by atoms with van der Waals surface area (Å²) >= 11 is 11.5. The molecule has 0 bridgehead atoms. The van der Waals surface area contributed by atoms with E-state index in [1.807, 2.05) is 0 Å². The molecule has 0 fully saturated rings. The highest BCUT2D eigenvalue weighted by molar-refractivity contribution is 6.35. The highest BCUT2D eigenvalue weighted by Gasteiger charge is 2.14. The van der Waals surface area contributed by atoms with Crippen LogP contribution >= 0.6 is 23.2 Å². The minimum absolute atomic E-state index is 0.0159. The van der Waals surface area contributed by atoms with Gasteiger partial charge in [0.1, 0.15) is 5.15 Å². The molecule has 2 aromatic rings. The van der Waals surface area contributed by atoms with Crippen molar-refractivity contribution in [3.63, 3.8) is 0 Å². The standard InChI is InChI=1S/C9H4Cl2F2N2/c10-4-1-2-6-5(3-4)7(11)15-9(14-6)8(12)13/h1-3,8H. The van der Waals surface area contributed by atoms with Gasteiger partial charge in [0.25, 0.3) is 6.43 Å². The first-order valence-electron chi connectivity index (χ1n) is 3.99. The summed E-state index contributed by atoms with van der Waals surface area (Å²) < 4.78 is 24.7. The number of rotatable bonds is 1. The van der Waals surface area contributed by atoms with E-state index in [1.54, 1.807) is 6.07 Å². The second-order valence-corrected chi connectivity index (χ2v) is 3.63. The summed E-state index contributed by atoms with van der Waals surface area (Å²) in [6, 6.07) is 4.62. The van der Waals surface area contributed by atoms with Gasteiger partial charge in [-0.3, -0.25) is 0 Å². The predicted octanol–water partition coefficient (Wildman–Crippen LogP) is 3.87. The van der Waals surface area contributed by atoms with Crippen molar-refractivity contribution in [2.45, 2.75) is 6.43 Å². The van der Waals surface area contributed by atoms with Gasteiger partial charge >= 0.3 is 0 Å². The third-order valence-corrected chi connectivity index (χ3v) is 2.35. The summed E-state index contributed by atoms with van der Waals surface area (Å²) in [5.74, 6) is -0.574. The summed E-state index contributed by atoms with van der Waals surface area (Å²) in [5.41, 5.74) is 0.356. The Morgan fingerprint density at radius 3 is 2.53 bits per heavy atom. The van der Waals surface area contributed by atoms with Gasteiger partial charge in [0.05, 0.1) is 5.52 Å². The van der Waals surface area contributed by atoms with Crippen molar-refractivity contribution in [2.24, 2.45) is 0 Å². The van der Waals surface area contributed by atoms with Crippen molar-refractivity contribution in [1.29, 1.82) is 0 Å². The van der Waals surface area contributed by atoms with Crippen LogP contribution in [0.2, 0.25) is 10.2 Å². The quantitative estimate of drug-likeness (QED) is 0.717. The number of fused-ring (bicyclic) bond motifs is 1. The Bertz CT molecular complexity index is 517. The van der Waals surface area contributed by atoms with Crippen molar-refractivity contribution in [1.82, 2.24) is 9.97 Å². The maximum absolute atomic E-state index is 12.3. The Morgan fingerprint density at radius 1 is 1.13 bits per heavy atom. The second-order valence-electron chi connectivity index (χ2n) is 2.83. The summed E-state index contributed by atoms with van der Waals surface area (Å²) in [5, 5.41) is 0.907. The molecule has 0 spiro atoms. The van der Waals surface area contributed by atoms with E-state index in [2.05, 4.69) is 9.97 Å². The molecular weight excluding hydrogens is 245 g/mol. The van der Waals surface area contributed by atoms with E-state index in [0.717, 1.165) is 0 Å². The minimum Gasteiger partial charge on any atom is -0.227 e. The Balaban J connectivity index is 2.73. The molecule has 1 heterocycles. The van der Waals surface area contributed by atoms with Gasteiger partial charge in [-0.15, -0.1) is 0 Å². The second kappa shape index (κ2) is 3.87. The molecule has 0 saturated heterocycles. The van der Waals surface area contributed by atoms with Crippen LogP contribution in [0.3, 0.4) is 0 Å². The molecule has 0 aliphatic carbocycles. The molecule has 0 aliphatic heterocycles. The van der Waals surface area contributed by atoms with Crippen LogP contribution in [0, 0.1) is 0 Å². The summed E-state index contributed by atoms with van der Waals surface area (Å²) in [6.07, 6.45) is -2.73. The van der Waals surface area contributed by atoms with E-state index >= 15 is 0 Å². The number of hydrogen-bond acceptors (Lipinski definition) is 2. The van der Waals surface area contributed by atoms with Gasteiger partial charge < -0.3 is 0 Å². The Labute approximate surface area is 93.9 Å². The van der Waals surface area contributed by atoms with Gasteiger partial charge in [-0.25, -0.2) is 18.7 Å². The maximum atomic E-state index is 12.3. The van der Waals surface area contributed by atoms with Gasteiger partial charge in [-0.05, 0) is 18.2 Å². The Hall–Kier alpha value is -1.00. The fourth-order valence-corrected chi connectivity index (χ4v) is 1.59. The van der Waals surface area contributed by atoms with E-state index in [9.17, 15) is 8.78 Å². The van der Waals surface area contributed by atoms with Crippen molar-refractivity contribution in [3.05, 3.63) is 34.2 Å². The van der Waals surface area contributed by atoms with E-state index < -0.39 is 12.2 Å². The van der Waals surface area contributed by atoms with Crippen molar-refractivity contribution in [2.75, 3.05) is 0 Å². The lowest BCUT2D eigenvalue weighted by atomic mass is 10.2. The van der Waals surface area contributed by atoms with E-state index in [1.165, 1.54) is 12.1 Å². The van der Waals surface area contributed by atoms with Crippen LogP contribution in [0.25, 0.3) is 10.9 Å². The zero-order chi connectivity index (χ0) is 11.0. The molecule has 0 amide bonds. The van der Waals surface area contributed by atoms with Gasteiger partial charge in [0, 0.05) is 10.4 Å². The number of hydrogen-bond donors (Lipinski definition) is 0. The molecule has 0 unspecified atom stereocenters. The van der Waals surface area contributed by atoms with Crippen LogP contribution in [0.5, 0.6) is 0 Å². The molecule has 0 radical (unpaired) electrons. The molecule has 1 aromatic carbocycles. The zero-order valence-corrected chi connectivity index (χ0v) is 8.73. The Kier molecular flexibility index (Phi) is 2.71. The molecule has 0 N–H and O–H groups in total. The molecule has 0 aliphatic rings. The number of nitrogens with zero attached hydrogens (tertiary/aromatic N) is 2. The van der Waals surface area contributed by atoms with E-state index in [0.29, 0.717) is 15.9 Å². The third-order valence-electron chi connectivity index (χ3n) is 1.82. The van der Waals surface area contributed by atoms with Crippen LogP contribution in [0.15, 0.2) is 18.2 Å². The van der Waals surface area contributed by atoms with Crippen LogP contribution in [-0.4, -0.2) is 9.97 Å². The SMILES string of the molecule is FC(F)c1nc(Cl)c2cc(Cl)ccc2n1. The van der Waals surface area contributed by atoms with Crippen molar-refractivity contribution >= 4 is 34.1 Å². The first-order chi connectivity index (χ1) is 7.08. The first kappa shape index (κ1) is 10.5. The number of halogens is 4. The lowest BCUT2D eigenvalue weighted by Gasteiger charge is -2.03. The monoisotopic (exact) mass is 248 g/mol. The van der Waals surface area contributed by atoms with Crippen LogP contribution < -0.4 is 0 Å². The van der Waals surface area contributed by atoms with Crippen LogP contribution in [-0.2, 0) is 0 Å². The normalized spacial score (nSPS) is 11.3. The molecule has 78 valence electrons. The average Bonchev–Trinajstić information content (AvgIpc) is 2.18. The zero-order valence-electron chi connectivity index (χ0n) is 7.22. The molecule has 6 heteroatoms. The topological polar surface area (TPSA) is 25.8 Å². The predicted molar refractivity (Wildman–Crippen MR) is 54.5 cm³/mol. The molecule has 1 aromatic heterocycles. The molecule has 0 saturated carbocycles. The third kappa shape index (κ3) is 2.01. The lowest BCUT2D eigenvalue weighted by Crippen LogP contribution is -1.96. The fraction of sp³-hybridized carbons (Fsp3) is 0.111. The first-order valence-corrected chi connectivity index (χ1v) is 4.74. The van der Waals surface area contributed by atoms with Crippen molar-refractivity contribution in [3.8, 4) is 0 Å². The van der Waals surface area contributed by atoms with Gasteiger partial charge in [0.15, 0.2) is 5.82 Å². The molecule has 15 heavy (non-hydrogen) atoms. The largest absolute Gasteiger partial charge is 0.297 e. The molecule has 2 rings (SSSR count). The number of alkyl halides is 2. The van der Waals surface area contributed by atoms with Crippen LogP contribution in [0.1, 0.15) is 12.2 Å². The Morgan fingerprint density at radius 2 is 1.87 bits per heavy atom. The van der Waals surface area contributed by atoms with Crippen LogP contribution in [0.4, 0.5) is 8.78 Å². The molecular formula is C9H4Cl2F2N2. The van der Waals surface area contributed by atoms with E-state index in [-0.39, 0.29) is 5.15 Å². The summed E-state index contributed by atoms with van der Waals surface area (Å²) in [4.78, 5) is 7.16. The summed E-state index contributed by atoms with van der Waals surface area (Å²) in [7, 11) is 0. The lowest BCUT2D eigenvalue weighted by molar-refractivity contribution is 0.141. The minimum atomic E-state index is -2.73. The highest BCUT2D eigenvalue weighted by atomic mass is 35.5. The average molecular weight is 249 g/mol. The van der Waals surface area contributed by atoms with Gasteiger partial charge in [-0.1, -0.05) is 23.2 Å². The van der Waals surface area contributed by atoms with Crippen molar-refractivity contribution < 1.29 is 8.78 Å².